The Labute approximate surface area is 121 Å². The highest BCUT2D eigenvalue weighted by atomic mass is 16.6. The van der Waals surface area contributed by atoms with Crippen LogP contribution in [0.5, 0.6) is 0 Å². The Bertz CT molecular complexity index is 674. The van der Waals surface area contributed by atoms with Gasteiger partial charge in [-0.05, 0) is 32.3 Å². The molecule has 0 unspecified atom stereocenters. The number of furan rings is 1. The molecule has 1 aromatic heterocycles. The maximum atomic E-state index is 11.4. The average Bonchev–Trinajstić information content (AvgIpc) is 2.82. The van der Waals surface area contributed by atoms with E-state index in [-0.39, 0.29) is 11.4 Å². The predicted octanol–water partition coefficient (Wildman–Crippen LogP) is 2.02. The summed E-state index contributed by atoms with van der Waals surface area (Å²) in [4.78, 5) is 23.5. The van der Waals surface area contributed by atoms with Crippen molar-refractivity contribution in [3.8, 4) is 11.3 Å². The summed E-state index contributed by atoms with van der Waals surface area (Å²) in [6.07, 6.45) is 0. The van der Waals surface area contributed by atoms with Crippen molar-refractivity contribution in [3.63, 3.8) is 0 Å². The first-order valence-electron chi connectivity index (χ1n) is 6.20. The summed E-state index contributed by atoms with van der Waals surface area (Å²) in [5, 5.41) is 10.6. The number of nitro groups is 1. The standard InChI is InChI=1S/C14H15N3O4/c1-16(2)8-10-7-12(21-13(10)14(15)18)9-3-5-11(6-4-9)17(19)20/h3-7H,8H2,1-2H3,(H2,15,18). The van der Waals surface area contributed by atoms with E-state index in [0.29, 0.717) is 23.4 Å². The number of nitro benzene ring substituents is 1. The molecule has 1 aromatic carbocycles. The lowest BCUT2D eigenvalue weighted by Crippen LogP contribution is -2.16. The summed E-state index contributed by atoms with van der Waals surface area (Å²) >= 11 is 0. The fraction of sp³-hybridized carbons (Fsp3) is 0.214. The number of hydrogen-bond donors (Lipinski definition) is 1. The van der Waals surface area contributed by atoms with Gasteiger partial charge in [-0.1, -0.05) is 0 Å². The third kappa shape index (κ3) is 3.26. The van der Waals surface area contributed by atoms with Gasteiger partial charge in [0.05, 0.1) is 4.92 Å². The minimum absolute atomic E-state index is 0.00561. The van der Waals surface area contributed by atoms with Crippen LogP contribution in [0.25, 0.3) is 11.3 Å². The van der Waals surface area contributed by atoms with Gasteiger partial charge in [-0.2, -0.15) is 0 Å². The summed E-state index contributed by atoms with van der Waals surface area (Å²) in [5.74, 6) is -0.0763. The van der Waals surface area contributed by atoms with Gasteiger partial charge >= 0.3 is 0 Å². The van der Waals surface area contributed by atoms with Crippen LogP contribution in [-0.2, 0) is 6.54 Å². The molecule has 110 valence electrons. The van der Waals surface area contributed by atoms with Gasteiger partial charge in [0.1, 0.15) is 5.76 Å². The minimum Gasteiger partial charge on any atom is -0.451 e. The van der Waals surface area contributed by atoms with E-state index in [9.17, 15) is 14.9 Å². The van der Waals surface area contributed by atoms with Crippen molar-refractivity contribution in [2.45, 2.75) is 6.54 Å². The highest BCUT2D eigenvalue weighted by Gasteiger charge is 2.18. The van der Waals surface area contributed by atoms with Crippen molar-refractivity contribution < 1.29 is 14.1 Å². The summed E-state index contributed by atoms with van der Waals surface area (Å²) < 4.78 is 5.49. The first kappa shape index (κ1) is 14.7. The van der Waals surface area contributed by atoms with Crippen LogP contribution < -0.4 is 5.73 Å². The molecule has 0 saturated carbocycles. The van der Waals surface area contributed by atoms with E-state index in [1.165, 1.54) is 12.1 Å². The number of non-ortho nitro benzene ring substituents is 1. The molecule has 2 rings (SSSR count). The van der Waals surface area contributed by atoms with Gasteiger partial charge in [-0.25, -0.2) is 0 Å². The Morgan fingerprint density at radius 1 is 1.33 bits per heavy atom. The zero-order valence-electron chi connectivity index (χ0n) is 11.7. The summed E-state index contributed by atoms with van der Waals surface area (Å²) in [6.45, 7) is 0.509. The maximum absolute atomic E-state index is 11.4. The number of amides is 1. The number of nitrogens with two attached hydrogens (primary N) is 1. The van der Waals surface area contributed by atoms with Gasteiger partial charge in [0.25, 0.3) is 11.6 Å². The molecule has 7 nitrogen and oxygen atoms in total. The molecule has 7 heteroatoms. The molecule has 0 aliphatic rings. The molecule has 0 aliphatic carbocycles. The molecular weight excluding hydrogens is 274 g/mol. The van der Waals surface area contributed by atoms with Crippen LogP contribution in [0.3, 0.4) is 0 Å². The van der Waals surface area contributed by atoms with Crippen molar-refractivity contribution >= 4 is 11.6 Å². The Balaban J connectivity index is 2.39. The Kier molecular flexibility index (Phi) is 4.04. The number of carbonyl (C=O) groups is 1. The third-order valence-corrected chi connectivity index (χ3v) is 2.88. The van der Waals surface area contributed by atoms with Crippen molar-refractivity contribution in [2.75, 3.05) is 14.1 Å². The highest BCUT2D eigenvalue weighted by Crippen LogP contribution is 2.27. The molecule has 0 aliphatic heterocycles. The zero-order valence-corrected chi connectivity index (χ0v) is 11.7. The molecule has 1 amide bonds. The molecule has 0 atom stereocenters. The zero-order chi connectivity index (χ0) is 15.6. The predicted molar refractivity (Wildman–Crippen MR) is 76.7 cm³/mol. The van der Waals surface area contributed by atoms with Gasteiger partial charge in [0, 0.05) is 29.8 Å². The topological polar surface area (TPSA) is 103 Å². The minimum atomic E-state index is -0.639. The average molecular weight is 289 g/mol. The molecule has 0 saturated heterocycles. The van der Waals surface area contributed by atoms with E-state index in [1.807, 2.05) is 19.0 Å². The van der Waals surface area contributed by atoms with Crippen LogP contribution >= 0.6 is 0 Å². The van der Waals surface area contributed by atoms with Gasteiger partial charge < -0.3 is 15.1 Å². The van der Waals surface area contributed by atoms with Gasteiger partial charge in [0.15, 0.2) is 5.76 Å². The second-order valence-electron chi connectivity index (χ2n) is 4.87. The Hall–Kier alpha value is -2.67. The van der Waals surface area contributed by atoms with E-state index in [4.69, 9.17) is 10.2 Å². The molecule has 0 bridgehead atoms. The van der Waals surface area contributed by atoms with Gasteiger partial charge in [-0.15, -0.1) is 0 Å². The normalized spacial score (nSPS) is 10.8. The largest absolute Gasteiger partial charge is 0.451 e. The second-order valence-corrected chi connectivity index (χ2v) is 4.87. The lowest BCUT2D eigenvalue weighted by Gasteiger charge is -2.07. The smallest absolute Gasteiger partial charge is 0.284 e. The van der Waals surface area contributed by atoms with Crippen LogP contribution in [0.1, 0.15) is 16.1 Å². The maximum Gasteiger partial charge on any atom is 0.284 e. The van der Waals surface area contributed by atoms with Crippen LogP contribution in [0.2, 0.25) is 0 Å². The lowest BCUT2D eigenvalue weighted by molar-refractivity contribution is -0.384. The quantitative estimate of drug-likeness (QED) is 0.670. The fourth-order valence-corrected chi connectivity index (χ4v) is 1.99. The molecule has 2 N–H and O–H groups in total. The summed E-state index contributed by atoms with van der Waals surface area (Å²) in [5.41, 5.74) is 6.63. The number of nitrogens with zero attached hydrogens (tertiary/aromatic N) is 2. The molecule has 0 radical (unpaired) electrons. The van der Waals surface area contributed by atoms with Crippen LogP contribution in [-0.4, -0.2) is 29.8 Å². The van der Waals surface area contributed by atoms with E-state index in [0.717, 1.165) is 0 Å². The second kappa shape index (κ2) is 5.76. The summed E-state index contributed by atoms with van der Waals surface area (Å²) in [7, 11) is 3.73. The number of hydrogen-bond acceptors (Lipinski definition) is 5. The monoisotopic (exact) mass is 289 g/mol. The van der Waals surface area contributed by atoms with Crippen LogP contribution in [0.4, 0.5) is 5.69 Å². The van der Waals surface area contributed by atoms with Crippen molar-refractivity contribution in [1.82, 2.24) is 4.90 Å². The Morgan fingerprint density at radius 2 is 1.95 bits per heavy atom. The van der Waals surface area contributed by atoms with Gasteiger partial charge in [0.2, 0.25) is 0 Å². The van der Waals surface area contributed by atoms with Crippen molar-refractivity contribution in [1.29, 1.82) is 0 Å². The SMILES string of the molecule is CN(C)Cc1cc(-c2ccc([N+](=O)[O-])cc2)oc1C(N)=O. The van der Waals surface area contributed by atoms with Gasteiger partial charge in [-0.3, -0.25) is 14.9 Å². The number of benzene rings is 1. The van der Waals surface area contributed by atoms with Crippen LogP contribution in [0, 0.1) is 10.1 Å². The number of primary amides is 1. The Morgan fingerprint density at radius 3 is 2.43 bits per heavy atom. The summed E-state index contributed by atoms with van der Waals surface area (Å²) in [6, 6.07) is 7.63. The fourth-order valence-electron chi connectivity index (χ4n) is 1.99. The van der Waals surface area contributed by atoms with E-state index >= 15 is 0 Å². The van der Waals surface area contributed by atoms with Crippen molar-refractivity contribution in [2.24, 2.45) is 5.73 Å². The van der Waals surface area contributed by atoms with E-state index < -0.39 is 10.8 Å². The third-order valence-electron chi connectivity index (χ3n) is 2.88. The lowest BCUT2D eigenvalue weighted by atomic mass is 10.1. The molecule has 0 spiro atoms. The van der Waals surface area contributed by atoms with Crippen molar-refractivity contribution in [3.05, 3.63) is 51.8 Å². The molecule has 21 heavy (non-hydrogen) atoms. The first-order valence-corrected chi connectivity index (χ1v) is 6.20. The molecule has 0 fully saturated rings. The molecular formula is C14H15N3O4. The van der Waals surface area contributed by atoms with E-state index in [2.05, 4.69) is 0 Å². The number of rotatable bonds is 5. The first-order chi connectivity index (χ1) is 9.88. The highest BCUT2D eigenvalue weighted by molar-refractivity contribution is 5.92. The number of carbonyl (C=O) groups excluding carboxylic acids is 1. The molecule has 2 aromatic rings. The van der Waals surface area contributed by atoms with E-state index in [1.54, 1.807) is 18.2 Å². The molecule has 1 heterocycles. The van der Waals surface area contributed by atoms with Crippen LogP contribution in [0.15, 0.2) is 34.7 Å².